The van der Waals surface area contributed by atoms with Gasteiger partial charge >= 0.3 is 0 Å². The van der Waals surface area contributed by atoms with Crippen LogP contribution in [0.3, 0.4) is 0 Å². The van der Waals surface area contributed by atoms with Crippen LogP contribution in [0.4, 0.5) is 0 Å². The number of aryl methyl sites for hydroxylation is 1. The van der Waals surface area contributed by atoms with Gasteiger partial charge in [0.05, 0.1) is 31.8 Å². The Labute approximate surface area is 151 Å². The third-order valence-electron chi connectivity index (χ3n) is 4.38. The lowest BCUT2D eigenvalue weighted by Gasteiger charge is -2.14. The summed E-state index contributed by atoms with van der Waals surface area (Å²) in [5, 5.41) is 10.6. The first kappa shape index (κ1) is 16.1. The molecule has 0 spiro atoms. The number of fused-ring (bicyclic) bond motifs is 1. The van der Waals surface area contributed by atoms with Gasteiger partial charge in [-0.25, -0.2) is 4.68 Å². The fourth-order valence-electron chi connectivity index (χ4n) is 3.13. The van der Waals surface area contributed by atoms with E-state index in [9.17, 15) is 0 Å². The van der Waals surface area contributed by atoms with Crippen molar-refractivity contribution >= 4 is 10.8 Å². The van der Waals surface area contributed by atoms with E-state index in [0.29, 0.717) is 5.75 Å². The summed E-state index contributed by atoms with van der Waals surface area (Å²) in [7, 11) is 3.26. The van der Waals surface area contributed by atoms with Crippen molar-refractivity contribution in [1.29, 1.82) is 0 Å². The number of rotatable bonds is 4. The second-order valence-electron chi connectivity index (χ2n) is 5.97. The molecule has 0 aliphatic heterocycles. The van der Waals surface area contributed by atoms with Gasteiger partial charge in [-0.1, -0.05) is 17.3 Å². The molecule has 4 aromatic rings. The molecular formula is C20H18N4O2. The number of hydrogen-bond donors (Lipinski definition) is 0. The fourth-order valence-corrected chi connectivity index (χ4v) is 3.13. The first-order chi connectivity index (χ1) is 12.7. The minimum absolute atomic E-state index is 0.659. The molecule has 0 bridgehead atoms. The molecule has 4 rings (SSSR count). The van der Waals surface area contributed by atoms with E-state index in [1.165, 1.54) is 0 Å². The van der Waals surface area contributed by atoms with E-state index >= 15 is 0 Å². The van der Waals surface area contributed by atoms with Crippen molar-refractivity contribution in [3.05, 3.63) is 60.6 Å². The number of methoxy groups -OCH3 is 2. The summed E-state index contributed by atoms with van der Waals surface area (Å²) in [5.41, 5.74) is 3.73. The molecule has 2 heterocycles. The molecule has 2 aromatic heterocycles. The van der Waals surface area contributed by atoms with Crippen molar-refractivity contribution < 1.29 is 9.47 Å². The highest BCUT2D eigenvalue weighted by atomic mass is 16.5. The van der Waals surface area contributed by atoms with Crippen molar-refractivity contribution in [1.82, 2.24) is 20.0 Å². The molecule has 6 heteroatoms. The minimum Gasteiger partial charge on any atom is -0.493 e. The van der Waals surface area contributed by atoms with Gasteiger partial charge in [0.25, 0.3) is 0 Å². The Kier molecular flexibility index (Phi) is 4.01. The van der Waals surface area contributed by atoms with Crippen LogP contribution in [0.5, 0.6) is 11.5 Å². The predicted octanol–water partition coefficient (Wildman–Crippen LogP) is 3.81. The van der Waals surface area contributed by atoms with Gasteiger partial charge < -0.3 is 9.47 Å². The summed E-state index contributed by atoms with van der Waals surface area (Å²) >= 11 is 0. The number of nitrogens with zero attached hydrogens (tertiary/aromatic N) is 4. The SMILES string of the molecule is COc1cc(-n2nncc2-c2ccc3ccncc3c2)cc(C)c1OC. The second-order valence-corrected chi connectivity index (χ2v) is 5.97. The predicted molar refractivity (Wildman–Crippen MR) is 99.9 cm³/mol. The lowest BCUT2D eigenvalue weighted by molar-refractivity contribution is 0.352. The van der Waals surface area contributed by atoms with Gasteiger partial charge in [0.1, 0.15) is 0 Å². The maximum absolute atomic E-state index is 5.46. The zero-order valence-corrected chi connectivity index (χ0v) is 14.8. The molecule has 0 N–H and O–H groups in total. The van der Waals surface area contributed by atoms with Crippen molar-refractivity contribution in [3.8, 4) is 28.4 Å². The summed E-state index contributed by atoms with van der Waals surface area (Å²) in [6, 6.07) is 12.1. The van der Waals surface area contributed by atoms with Crippen molar-refractivity contribution in [2.45, 2.75) is 6.92 Å². The van der Waals surface area contributed by atoms with E-state index in [2.05, 4.69) is 33.5 Å². The molecule has 2 aromatic carbocycles. The molecule has 6 nitrogen and oxygen atoms in total. The first-order valence-corrected chi connectivity index (χ1v) is 8.19. The topological polar surface area (TPSA) is 62.1 Å². The Morgan fingerprint density at radius 1 is 0.923 bits per heavy atom. The molecular weight excluding hydrogens is 328 g/mol. The molecule has 0 unspecified atom stereocenters. The maximum atomic E-state index is 5.46. The Hall–Kier alpha value is -3.41. The number of hydrogen-bond acceptors (Lipinski definition) is 5. The van der Waals surface area contributed by atoms with E-state index < -0.39 is 0 Å². The van der Waals surface area contributed by atoms with Gasteiger partial charge in [0.2, 0.25) is 0 Å². The minimum atomic E-state index is 0.659. The van der Waals surface area contributed by atoms with Crippen LogP contribution in [0.1, 0.15) is 5.56 Å². The third-order valence-corrected chi connectivity index (χ3v) is 4.38. The lowest BCUT2D eigenvalue weighted by Crippen LogP contribution is -2.02. The molecule has 0 saturated heterocycles. The van der Waals surface area contributed by atoms with Gasteiger partial charge in [0.15, 0.2) is 11.5 Å². The average molecular weight is 346 g/mol. The standard InChI is InChI=1S/C20H18N4O2/c1-13-8-17(10-19(25-2)20(13)26-3)24-18(12-22-23-24)15-5-4-14-6-7-21-11-16(14)9-15/h4-12H,1-3H3. The number of ether oxygens (including phenoxy) is 2. The summed E-state index contributed by atoms with van der Waals surface area (Å²) in [6.45, 7) is 1.98. The van der Waals surface area contributed by atoms with Gasteiger partial charge in [-0.05, 0) is 36.1 Å². The number of benzene rings is 2. The van der Waals surface area contributed by atoms with E-state index in [4.69, 9.17) is 9.47 Å². The smallest absolute Gasteiger partial charge is 0.163 e. The molecule has 0 fully saturated rings. The summed E-state index contributed by atoms with van der Waals surface area (Å²) in [5.74, 6) is 1.38. The third kappa shape index (κ3) is 2.65. The average Bonchev–Trinajstić information content (AvgIpc) is 3.16. The Bertz CT molecular complexity index is 1090. The van der Waals surface area contributed by atoms with Gasteiger partial charge in [0, 0.05) is 29.4 Å². The number of pyridine rings is 1. The zero-order valence-electron chi connectivity index (χ0n) is 14.8. The molecule has 0 atom stereocenters. The molecule has 0 aliphatic rings. The van der Waals surface area contributed by atoms with Crippen LogP contribution in [0.25, 0.3) is 27.7 Å². The number of aromatic nitrogens is 4. The Balaban J connectivity index is 1.85. The molecule has 130 valence electrons. The Morgan fingerprint density at radius 3 is 2.62 bits per heavy atom. The van der Waals surface area contributed by atoms with Crippen LogP contribution in [0, 0.1) is 6.92 Å². The normalized spacial score (nSPS) is 10.9. The van der Waals surface area contributed by atoms with E-state index in [1.807, 2.05) is 31.3 Å². The highest BCUT2D eigenvalue weighted by Crippen LogP contribution is 2.34. The van der Waals surface area contributed by atoms with Crippen LogP contribution in [0.2, 0.25) is 0 Å². The van der Waals surface area contributed by atoms with Gasteiger partial charge in [-0.15, -0.1) is 5.10 Å². The largest absolute Gasteiger partial charge is 0.493 e. The molecule has 26 heavy (non-hydrogen) atoms. The summed E-state index contributed by atoms with van der Waals surface area (Å²) in [4.78, 5) is 4.20. The van der Waals surface area contributed by atoms with Crippen LogP contribution in [0.15, 0.2) is 55.0 Å². The quantitative estimate of drug-likeness (QED) is 0.562. The van der Waals surface area contributed by atoms with Crippen LogP contribution in [-0.4, -0.2) is 34.2 Å². The first-order valence-electron chi connectivity index (χ1n) is 8.19. The molecule has 0 aliphatic carbocycles. The van der Waals surface area contributed by atoms with Crippen LogP contribution in [-0.2, 0) is 0 Å². The van der Waals surface area contributed by atoms with E-state index in [1.54, 1.807) is 31.3 Å². The van der Waals surface area contributed by atoms with Crippen LogP contribution < -0.4 is 9.47 Å². The summed E-state index contributed by atoms with van der Waals surface area (Å²) < 4.78 is 12.7. The lowest BCUT2D eigenvalue weighted by atomic mass is 10.1. The van der Waals surface area contributed by atoms with Gasteiger partial charge in [-0.2, -0.15) is 0 Å². The Morgan fingerprint density at radius 2 is 1.81 bits per heavy atom. The second kappa shape index (κ2) is 6.48. The van der Waals surface area contributed by atoms with E-state index in [-0.39, 0.29) is 0 Å². The van der Waals surface area contributed by atoms with Crippen LogP contribution >= 0.6 is 0 Å². The highest BCUT2D eigenvalue weighted by Gasteiger charge is 2.14. The molecule has 0 radical (unpaired) electrons. The summed E-state index contributed by atoms with van der Waals surface area (Å²) in [6.07, 6.45) is 5.40. The molecule has 0 saturated carbocycles. The zero-order chi connectivity index (χ0) is 18.1. The monoisotopic (exact) mass is 346 g/mol. The van der Waals surface area contributed by atoms with Crippen molar-refractivity contribution in [2.75, 3.05) is 14.2 Å². The molecule has 0 amide bonds. The highest BCUT2D eigenvalue weighted by molar-refractivity contribution is 5.86. The fraction of sp³-hybridized carbons (Fsp3) is 0.150. The van der Waals surface area contributed by atoms with Crippen molar-refractivity contribution in [2.24, 2.45) is 0 Å². The van der Waals surface area contributed by atoms with E-state index in [0.717, 1.165) is 39.0 Å². The van der Waals surface area contributed by atoms with Gasteiger partial charge in [-0.3, -0.25) is 4.98 Å². The maximum Gasteiger partial charge on any atom is 0.163 e. The van der Waals surface area contributed by atoms with Crippen molar-refractivity contribution in [3.63, 3.8) is 0 Å².